The normalized spacial score (nSPS) is 14.5. The second-order valence-corrected chi connectivity index (χ2v) is 7.21. The van der Waals surface area contributed by atoms with Gasteiger partial charge < -0.3 is 18.9 Å². The van der Waals surface area contributed by atoms with Crippen molar-refractivity contribution in [2.75, 3.05) is 32.9 Å². The number of thiocarbonyl (C=S) groups is 1. The predicted molar refractivity (Wildman–Crippen MR) is 113 cm³/mol. The molecule has 0 amide bonds. The minimum absolute atomic E-state index is 0.617. The molecule has 0 spiro atoms. The van der Waals surface area contributed by atoms with Gasteiger partial charge in [0.15, 0.2) is 0 Å². The summed E-state index contributed by atoms with van der Waals surface area (Å²) in [6.07, 6.45) is 2.17. The summed E-state index contributed by atoms with van der Waals surface area (Å²) >= 11 is 5.81. The van der Waals surface area contributed by atoms with Crippen molar-refractivity contribution in [2.45, 2.75) is 13.5 Å². The van der Waals surface area contributed by atoms with Crippen LogP contribution in [0.1, 0.15) is 11.1 Å². The monoisotopic (exact) mass is 380 g/mol. The summed E-state index contributed by atoms with van der Waals surface area (Å²) in [5, 5.41) is 1.20. The van der Waals surface area contributed by atoms with Gasteiger partial charge in [0.25, 0.3) is 0 Å². The Hall–Kier alpha value is -2.37. The van der Waals surface area contributed by atoms with Gasteiger partial charge in [0.2, 0.25) is 0 Å². The van der Waals surface area contributed by atoms with E-state index in [1.807, 2.05) is 12.1 Å². The van der Waals surface area contributed by atoms with E-state index in [0.29, 0.717) is 6.61 Å². The van der Waals surface area contributed by atoms with Gasteiger partial charge in [-0.05, 0) is 25.1 Å². The third kappa shape index (κ3) is 3.99. The fraction of sp³-hybridized carbons (Fsp3) is 0.318. The average molecular weight is 381 g/mol. The highest BCUT2D eigenvalue weighted by atomic mass is 32.1. The van der Waals surface area contributed by atoms with Crippen molar-refractivity contribution in [2.24, 2.45) is 0 Å². The minimum Gasteiger partial charge on any atom is -0.492 e. The van der Waals surface area contributed by atoms with Crippen LogP contribution in [0.4, 0.5) is 0 Å². The maximum atomic E-state index is 5.92. The Morgan fingerprint density at radius 2 is 1.81 bits per heavy atom. The first-order valence-corrected chi connectivity index (χ1v) is 9.77. The number of para-hydroxylation sites is 1. The second kappa shape index (κ2) is 8.11. The van der Waals surface area contributed by atoms with Crippen molar-refractivity contribution in [3.05, 3.63) is 65.9 Å². The quantitative estimate of drug-likeness (QED) is 0.624. The van der Waals surface area contributed by atoms with E-state index in [9.17, 15) is 0 Å². The van der Waals surface area contributed by atoms with E-state index in [0.717, 1.165) is 49.1 Å². The number of fused-ring (bicyclic) bond motifs is 1. The molecule has 0 radical (unpaired) electrons. The van der Waals surface area contributed by atoms with Gasteiger partial charge in [-0.1, -0.05) is 48.1 Å². The fourth-order valence-corrected chi connectivity index (χ4v) is 3.78. The summed E-state index contributed by atoms with van der Waals surface area (Å²) in [7, 11) is 0. The molecule has 1 saturated heterocycles. The predicted octanol–water partition coefficient (Wildman–Crippen LogP) is 4.04. The van der Waals surface area contributed by atoms with Crippen molar-refractivity contribution in [3.63, 3.8) is 0 Å². The van der Waals surface area contributed by atoms with Crippen LogP contribution >= 0.6 is 12.2 Å². The average Bonchev–Trinajstić information content (AvgIpc) is 3.08. The first-order valence-electron chi connectivity index (χ1n) is 9.37. The van der Waals surface area contributed by atoms with E-state index in [1.54, 1.807) is 0 Å². The Balaban J connectivity index is 1.52. The molecule has 2 heterocycles. The van der Waals surface area contributed by atoms with Crippen LogP contribution in [0.3, 0.4) is 0 Å². The van der Waals surface area contributed by atoms with E-state index in [2.05, 4.69) is 59.0 Å². The maximum absolute atomic E-state index is 5.92. The Bertz CT molecular complexity index is 927. The highest BCUT2D eigenvalue weighted by Gasteiger charge is 2.19. The molecule has 1 aliphatic heterocycles. The van der Waals surface area contributed by atoms with Crippen LogP contribution < -0.4 is 4.74 Å². The van der Waals surface area contributed by atoms with Crippen molar-refractivity contribution < 1.29 is 9.47 Å². The molecule has 140 valence electrons. The minimum atomic E-state index is 0.617. The van der Waals surface area contributed by atoms with Gasteiger partial charge in [0.1, 0.15) is 17.3 Å². The topological polar surface area (TPSA) is 26.6 Å². The first-order chi connectivity index (χ1) is 13.2. The molecule has 1 aliphatic rings. The van der Waals surface area contributed by atoms with E-state index < -0.39 is 0 Å². The molecule has 4 rings (SSSR count). The highest BCUT2D eigenvalue weighted by Crippen LogP contribution is 2.24. The Kier molecular flexibility index (Phi) is 5.41. The Morgan fingerprint density at radius 3 is 2.59 bits per heavy atom. The van der Waals surface area contributed by atoms with E-state index in [1.165, 1.54) is 16.5 Å². The number of hydrogen-bond acceptors (Lipinski definition) is 3. The van der Waals surface area contributed by atoms with Crippen molar-refractivity contribution >= 4 is 28.1 Å². The SMILES string of the molecule is Cc1ccc(OCCn2cc(C(=S)N3CCOCC3)c3ccccc32)cc1. The molecular weight excluding hydrogens is 356 g/mol. The summed E-state index contributed by atoms with van der Waals surface area (Å²) in [6, 6.07) is 16.6. The summed E-state index contributed by atoms with van der Waals surface area (Å²) in [5.41, 5.74) is 3.55. The van der Waals surface area contributed by atoms with Crippen molar-refractivity contribution in [1.29, 1.82) is 0 Å². The molecule has 5 heteroatoms. The van der Waals surface area contributed by atoms with E-state index in [-0.39, 0.29) is 0 Å². The molecule has 0 N–H and O–H groups in total. The maximum Gasteiger partial charge on any atom is 0.119 e. The first kappa shape index (κ1) is 18.0. The van der Waals surface area contributed by atoms with Gasteiger partial charge in [-0.3, -0.25) is 0 Å². The van der Waals surface area contributed by atoms with Gasteiger partial charge in [0.05, 0.1) is 19.8 Å². The third-order valence-corrected chi connectivity index (χ3v) is 5.42. The summed E-state index contributed by atoms with van der Waals surface area (Å²) in [6.45, 7) is 6.66. The number of ether oxygens (including phenoxy) is 2. The second-order valence-electron chi connectivity index (χ2n) is 6.82. The smallest absolute Gasteiger partial charge is 0.119 e. The highest BCUT2D eigenvalue weighted by molar-refractivity contribution is 7.80. The molecule has 0 atom stereocenters. The van der Waals surface area contributed by atoms with Crippen molar-refractivity contribution in [3.8, 4) is 5.75 Å². The molecule has 0 bridgehead atoms. The van der Waals surface area contributed by atoms with Crippen LogP contribution in [0.25, 0.3) is 10.9 Å². The number of benzene rings is 2. The zero-order chi connectivity index (χ0) is 18.6. The van der Waals surface area contributed by atoms with Crippen LogP contribution in [0.2, 0.25) is 0 Å². The molecule has 1 aromatic heterocycles. The number of nitrogens with zero attached hydrogens (tertiary/aromatic N) is 2. The lowest BCUT2D eigenvalue weighted by Crippen LogP contribution is -2.40. The number of aromatic nitrogens is 1. The fourth-order valence-electron chi connectivity index (χ4n) is 3.44. The van der Waals surface area contributed by atoms with Gasteiger partial charge >= 0.3 is 0 Å². The molecule has 0 unspecified atom stereocenters. The number of morpholine rings is 1. The van der Waals surface area contributed by atoms with Gasteiger partial charge in [-0.2, -0.15) is 0 Å². The largest absolute Gasteiger partial charge is 0.492 e. The molecule has 1 fully saturated rings. The van der Waals surface area contributed by atoms with Crippen LogP contribution in [0.15, 0.2) is 54.7 Å². The number of rotatable bonds is 5. The molecule has 4 nitrogen and oxygen atoms in total. The number of aryl methyl sites for hydroxylation is 1. The van der Waals surface area contributed by atoms with E-state index in [4.69, 9.17) is 21.7 Å². The van der Waals surface area contributed by atoms with Crippen LogP contribution in [0, 0.1) is 6.92 Å². The lowest BCUT2D eigenvalue weighted by atomic mass is 10.1. The lowest BCUT2D eigenvalue weighted by molar-refractivity contribution is 0.0693. The van der Waals surface area contributed by atoms with Gasteiger partial charge in [0, 0.05) is 35.8 Å². The molecule has 3 aromatic rings. The molecule has 0 aliphatic carbocycles. The Labute approximate surface area is 165 Å². The molecule has 0 saturated carbocycles. The number of hydrogen-bond donors (Lipinski definition) is 0. The standard InChI is InChI=1S/C22H24N2O2S/c1-17-6-8-18(9-7-17)26-15-12-24-16-20(19-4-2-3-5-21(19)24)22(27)23-10-13-25-14-11-23/h2-9,16H,10-15H2,1H3. The Morgan fingerprint density at radius 1 is 1.07 bits per heavy atom. The van der Waals surface area contributed by atoms with Crippen molar-refractivity contribution in [1.82, 2.24) is 9.47 Å². The summed E-state index contributed by atoms with van der Waals surface area (Å²) in [5.74, 6) is 0.904. The van der Waals surface area contributed by atoms with Crippen LogP contribution in [-0.4, -0.2) is 47.4 Å². The molecular formula is C22H24N2O2S. The van der Waals surface area contributed by atoms with Crippen LogP contribution in [-0.2, 0) is 11.3 Å². The molecule has 27 heavy (non-hydrogen) atoms. The summed E-state index contributed by atoms with van der Waals surface area (Å²) in [4.78, 5) is 3.15. The van der Waals surface area contributed by atoms with Crippen LogP contribution in [0.5, 0.6) is 5.75 Å². The molecule has 2 aromatic carbocycles. The van der Waals surface area contributed by atoms with Gasteiger partial charge in [-0.25, -0.2) is 0 Å². The zero-order valence-electron chi connectivity index (χ0n) is 15.6. The zero-order valence-corrected chi connectivity index (χ0v) is 16.4. The van der Waals surface area contributed by atoms with Gasteiger partial charge in [-0.15, -0.1) is 0 Å². The third-order valence-electron chi connectivity index (χ3n) is 4.94. The summed E-state index contributed by atoms with van der Waals surface area (Å²) < 4.78 is 13.6. The van der Waals surface area contributed by atoms with E-state index >= 15 is 0 Å². The lowest BCUT2D eigenvalue weighted by Gasteiger charge is -2.29.